The first-order valence-electron chi connectivity index (χ1n) is 20.6. The SMILES string of the molecule is C(=C\c1cc2ccccc2s1)/c1ccc(/C=C/c2cc3ccccc3s2)cc1.CCOCC.CCOP(=O)(Cc1ccc(COP=O)cc1)OCC.O=Cc1cc2ccccc2s1. The summed E-state index contributed by atoms with van der Waals surface area (Å²) in [5.74, 6) is 0. The number of ether oxygens (including phenoxy) is 1. The molecule has 326 valence electrons. The topological polar surface area (TPSA) is 88.1 Å². The Balaban J connectivity index is 0.000000184. The molecule has 0 unspecified atom stereocenters. The minimum absolute atomic E-state index is 0.246. The molecule has 3 heterocycles. The summed E-state index contributed by atoms with van der Waals surface area (Å²) < 4.78 is 46.4. The molecule has 0 aliphatic rings. The molecule has 12 heteroatoms. The van der Waals surface area contributed by atoms with Crippen LogP contribution in [0.5, 0.6) is 0 Å². The maximum absolute atomic E-state index is 12.3. The Morgan fingerprint density at radius 1 is 0.524 bits per heavy atom. The fourth-order valence-corrected chi connectivity index (χ4v) is 10.8. The summed E-state index contributed by atoms with van der Waals surface area (Å²) >= 11 is 5.19. The zero-order chi connectivity index (χ0) is 44.7. The van der Waals surface area contributed by atoms with E-state index in [2.05, 4.69) is 109 Å². The lowest BCUT2D eigenvalue weighted by atomic mass is 10.1. The van der Waals surface area contributed by atoms with Crippen molar-refractivity contribution < 1.29 is 32.2 Å². The number of rotatable bonds is 16. The minimum atomic E-state index is -3.06. The number of benzene rings is 5. The van der Waals surface area contributed by atoms with E-state index in [0.717, 1.165) is 40.9 Å². The Labute approximate surface area is 384 Å². The molecule has 5 aromatic carbocycles. The second-order valence-electron chi connectivity index (χ2n) is 13.6. The average Bonchev–Trinajstić information content (AvgIpc) is 4.05. The zero-order valence-electron chi connectivity index (χ0n) is 35.9. The third-order valence-electron chi connectivity index (χ3n) is 9.01. The van der Waals surface area contributed by atoms with Crippen LogP contribution in [0.3, 0.4) is 0 Å². The second-order valence-corrected chi connectivity index (χ2v) is 19.4. The van der Waals surface area contributed by atoms with E-state index in [1.165, 1.54) is 57.1 Å². The summed E-state index contributed by atoms with van der Waals surface area (Å²) in [6.45, 7) is 10.2. The van der Waals surface area contributed by atoms with E-state index in [1.54, 1.807) is 13.8 Å². The molecule has 3 aromatic heterocycles. The number of thiophene rings is 3. The van der Waals surface area contributed by atoms with Crippen molar-refractivity contribution in [2.75, 3.05) is 26.4 Å². The van der Waals surface area contributed by atoms with E-state index in [4.69, 9.17) is 18.3 Å². The van der Waals surface area contributed by atoms with Gasteiger partial charge in [-0.3, -0.25) is 13.9 Å². The van der Waals surface area contributed by atoms with Crippen LogP contribution in [0.25, 0.3) is 54.6 Å². The number of fused-ring (bicyclic) bond motifs is 3. The maximum atomic E-state index is 12.3. The normalized spacial score (nSPS) is 11.4. The van der Waals surface area contributed by atoms with Crippen molar-refractivity contribution in [3.63, 3.8) is 0 Å². The average molecular weight is 935 g/mol. The first kappa shape index (κ1) is 49.3. The second kappa shape index (κ2) is 26.8. The monoisotopic (exact) mass is 934 g/mol. The van der Waals surface area contributed by atoms with Gasteiger partial charge in [-0.25, -0.2) is 4.57 Å². The number of hydrogen-bond donors (Lipinski definition) is 0. The van der Waals surface area contributed by atoms with Gasteiger partial charge in [-0.15, -0.1) is 34.0 Å². The Hall–Kier alpha value is -4.70. The minimum Gasteiger partial charge on any atom is -0.382 e. The summed E-state index contributed by atoms with van der Waals surface area (Å²) in [4.78, 5) is 13.8. The molecule has 8 rings (SSSR count). The van der Waals surface area contributed by atoms with E-state index in [1.807, 2.05) is 91.1 Å². The van der Waals surface area contributed by atoms with Crippen LogP contribution in [0.4, 0.5) is 0 Å². The van der Waals surface area contributed by atoms with Crippen LogP contribution in [0.2, 0.25) is 0 Å². The summed E-state index contributed by atoms with van der Waals surface area (Å²) in [6.07, 6.45) is 9.91. The van der Waals surface area contributed by atoms with Crippen LogP contribution in [0.1, 0.15) is 69.4 Å². The number of aldehydes is 1. The summed E-state index contributed by atoms with van der Waals surface area (Å²) in [6, 6.07) is 47.5. The fourth-order valence-electron chi connectivity index (χ4n) is 6.10. The third-order valence-corrected chi connectivity index (χ3v) is 14.5. The quantitative estimate of drug-likeness (QED) is 0.0704. The van der Waals surface area contributed by atoms with Gasteiger partial charge in [-0.05, 0) is 115 Å². The van der Waals surface area contributed by atoms with Crippen molar-refractivity contribution in [2.45, 2.75) is 40.5 Å². The molecule has 0 spiro atoms. The van der Waals surface area contributed by atoms with Gasteiger partial charge in [0.05, 0.1) is 30.9 Å². The lowest BCUT2D eigenvalue weighted by Crippen LogP contribution is -1.99. The van der Waals surface area contributed by atoms with Gasteiger partial charge in [0.1, 0.15) is 0 Å². The summed E-state index contributed by atoms with van der Waals surface area (Å²) in [5.41, 5.74) is 4.20. The predicted molar refractivity (Wildman–Crippen MR) is 271 cm³/mol. The smallest absolute Gasteiger partial charge is 0.335 e. The van der Waals surface area contributed by atoms with Gasteiger partial charge in [-0.1, -0.05) is 115 Å². The molecule has 0 amide bonds. The van der Waals surface area contributed by atoms with E-state index >= 15 is 0 Å². The van der Waals surface area contributed by atoms with Crippen molar-refractivity contribution in [1.29, 1.82) is 0 Å². The fraction of sp³-hybridized carbons (Fsp3) is 0.196. The van der Waals surface area contributed by atoms with E-state index in [-0.39, 0.29) is 21.5 Å². The highest BCUT2D eigenvalue weighted by atomic mass is 32.1. The predicted octanol–water partition coefficient (Wildman–Crippen LogP) is 16.4. The maximum Gasteiger partial charge on any atom is 0.335 e. The molecule has 8 aromatic rings. The molecular formula is C51H52O7P2S3. The molecule has 0 bridgehead atoms. The lowest BCUT2D eigenvalue weighted by molar-refractivity contribution is 0.112. The molecule has 0 saturated carbocycles. The van der Waals surface area contributed by atoms with Crippen molar-refractivity contribution in [3.8, 4) is 0 Å². The molecule has 7 nitrogen and oxygen atoms in total. The highest BCUT2D eigenvalue weighted by molar-refractivity contribution is 7.53. The Kier molecular flexibility index (Phi) is 21.0. The molecule has 0 atom stereocenters. The van der Waals surface area contributed by atoms with Crippen molar-refractivity contribution >= 4 is 111 Å². The highest BCUT2D eigenvalue weighted by Crippen LogP contribution is 2.51. The summed E-state index contributed by atoms with van der Waals surface area (Å²) in [5, 5.41) is 3.78. The molecule has 0 fully saturated rings. The van der Waals surface area contributed by atoms with Crippen LogP contribution in [0.15, 0.2) is 140 Å². The highest BCUT2D eigenvalue weighted by Gasteiger charge is 2.23. The first-order valence-corrected chi connectivity index (χ1v) is 25.5. The molecule has 0 radical (unpaired) electrons. The molecule has 0 saturated heterocycles. The lowest BCUT2D eigenvalue weighted by Gasteiger charge is -2.17. The Morgan fingerprint density at radius 2 is 0.937 bits per heavy atom. The number of carbonyl (C=O) groups excluding carboxylic acids is 1. The number of carbonyl (C=O) groups is 1. The van der Waals surface area contributed by atoms with Gasteiger partial charge in [0, 0.05) is 37.1 Å². The van der Waals surface area contributed by atoms with Gasteiger partial charge in [0.15, 0.2) is 6.29 Å². The van der Waals surface area contributed by atoms with Gasteiger partial charge < -0.3 is 13.8 Å². The standard InChI is InChI=1S/C26H18S2.C12H18O5P2.C9H6OS.C4H10O/c1-3-7-25-21(5-1)17-23(27-25)15-13-19-9-11-20(12-10-19)14-16-24-18-22-6-2-4-8-26(22)28-24;1-3-16-19(14,17-4-2)10-12-7-5-11(6-8-12)9-15-18-13;10-6-8-5-7-3-1-2-4-9(7)11-8;1-3-5-4-2/h1-18H;5-8H,3-4,9-10H2,1-2H3;1-6H;3-4H2,1-2H3/b15-13+,16-14+;;;. The first-order chi connectivity index (χ1) is 30.8. The summed E-state index contributed by atoms with van der Waals surface area (Å²) in [7, 11) is -3.40. The van der Waals surface area contributed by atoms with Crippen molar-refractivity contribution in [1.82, 2.24) is 0 Å². The Morgan fingerprint density at radius 3 is 1.32 bits per heavy atom. The molecule has 63 heavy (non-hydrogen) atoms. The molecule has 0 N–H and O–H groups in total. The van der Waals surface area contributed by atoms with E-state index in [0.29, 0.717) is 13.2 Å². The largest absolute Gasteiger partial charge is 0.382 e. The zero-order valence-corrected chi connectivity index (χ0v) is 40.1. The molecule has 0 aliphatic carbocycles. The number of hydrogen-bond acceptors (Lipinski definition) is 10. The van der Waals surface area contributed by atoms with Gasteiger partial charge in [0.2, 0.25) is 0 Å². The van der Waals surface area contributed by atoms with Crippen LogP contribution in [0, 0.1) is 0 Å². The van der Waals surface area contributed by atoms with Crippen molar-refractivity contribution in [2.24, 2.45) is 0 Å². The van der Waals surface area contributed by atoms with Crippen LogP contribution >= 0.6 is 50.3 Å². The van der Waals surface area contributed by atoms with Gasteiger partial charge in [0.25, 0.3) is 0 Å². The molecular weight excluding hydrogens is 883 g/mol. The molecule has 0 aliphatic heterocycles. The Bertz CT molecular complexity index is 2500. The van der Waals surface area contributed by atoms with Gasteiger partial charge >= 0.3 is 16.3 Å². The van der Waals surface area contributed by atoms with Crippen LogP contribution in [-0.4, -0.2) is 32.7 Å². The van der Waals surface area contributed by atoms with Crippen LogP contribution < -0.4 is 0 Å². The van der Waals surface area contributed by atoms with E-state index < -0.39 is 7.60 Å². The van der Waals surface area contributed by atoms with Crippen molar-refractivity contribution in [3.05, 3.63) is 176 Å². The van der Waals surface area contributed by atoms with E-state index in [9.17, 15) is 13.9 Å². The van der Waals surface area contributed by atoms with Crippen LogP contribution in [-0.2, 0) is 40.2 Å². The van der Waals surface area contributed by atoms with Gasteiger partial charge in [-0.2, -0.15) is 0 Å². The third kappa shape index (κ3) is 16.4.